The van der Waals surface area contributed by atoms with Gasteiger partial charge in [-0.25, -0.2) is 0 Å². The van der Waals surface area contributed by atoms with Crippen molar-refractivity contribution in [1.82, 2.24) is 5.32 Å². The zero-order valence-electron chi connectivity index (χ0n) is 37.0. The third-order valence-corrected chi connectivity index (χ3v) is 10.7. The number of carboxylic acid groups (broad SMARTS) is 1. The summed E-state index contributed by atoms with van der Waals surface area (Å²) < 4.78 is 33.0. The maximum Gasteiger partial charge on any atom is 1.00 e. The molecule has 0 aromatic heterocycles. The first-order valence-electron chi connectivity index (χ1n) is 22.7. The van der Waals surface area contributed by atoms with E-state index in [1.807, 2.05) is 0 Å². The molecule has 0 heterocycles. The maximum atomic E-state index is 12.7. The number of carboxylic acids is 1. The second-order valence-corrected chi connectivity index (χ2v) is 16.7. The van der Waals surface area contributed by atoms with Crippen LogP contribution in [0.1, 0.15) is 213 Å². The Balaban J connectivity index is 0. The summed E-state index contributed by atoms with van der Waals surface area (Å²) in [6, 6.07) is 0. The van der Waals surface area contributed by atoms with Gasteiger partial charge >= 0.3 is 47.5 Å². The predicted octanol–water partition coefficient (Wildman–Crippen LogP) is 7.84. The fourth-order valence-electron chi connectivity index (χ4n) is 6.29. The first-order valence-corrected chi connectivity index (χ1v) is 24.1. The van der Waals surface area contributed by atoms with Gasteiger partial charge in [-0.05, 0) is 44.9 Å². The van der Waals surface area contributed by atoms with E-state index in [1.54, 1.807) is 0 Å². The number of phosphoric ester groups is 1. The molecular formula is C44H81NNaO11P. The van der Waals surface area contributed by atoms with Crippen LogP contribution in [-0.2, 0) is 42.3 Å². The smallest absolute Gasteiger partial charge is 0.756 e. The largest absolute Gasteiger partial charge is 1.00 e. The number of nitrogens with one attached hydrogen (secondary N) is 1. The number of phosphoric acid groups is 1. The van der Waals surface area contributed by atoms with Crippen LogP contribution < -0.4 is 39.8 Å². The van der Waals surface area contributed by atoms with Crippen LogP contribution in [0.15, 0.2) is 12.2 Å². The number of hydrogen-bond acceptors (Lipinski definition) is 10. The van der Waals surface area contributed by atoms with Crippen LogP contribution in [0.25, 0.3) is 0 Å². The van der Waals surface area contributed by atoms with Crippen LogP contribution in [0.5, 0.6) is 0 Å². The van der Waals surface area contributed by atoms with E-state index in [2.05, 4.69) is 31.3 Å². The molecule has 0 saturated carbocycles. The molecule has 0 saturated heterocycles. The first kappa shape index (κ1) is 58.8. The van der Waals surface area contributed by atoms with Gasteiger partial charge in [0.25, 0.3) is 7.82 Å². The van der Waals surface area contributed by atoms with Crippen LogP contribution in [0.2, 0.25) is 0 Å². The quantitative estimate of drug-likeness (QED) is 0.0201. The summed E-state index contributed by atoms with van der Waals surface area (Å²) in [4.78, 5) is 59.9. The molecule has 2 N–H and O–H groups in total. The van der Waals surface area contributed by atoms with Crippen LogP contribution >= 0.6 is 7.82 Å². The third-order valence-electron chi connectivity index (χ3n) is 9.74. The summed E-state index contributed by atoms with van der Waals surface area (Å²) in [7, 11) is -4.84. The van der Waals surface area contributed by atoms with Gasteiger partial charge in [0.1, 0.15) is 6.61 Å². The minimum absolute atomic E-state index is 0. The summed E-state index contributed by atoms with van der Waals surface area (Å²) in [6.07, 6.45) is 34.0. The number of allylic oxidation sites excluding steroid dienone is 2. The Kier molecular flexibility index (Phi) is 44.4. The standard InChI is InChI=1S/C44H82NO11P.Na/c1-3-5-7-9-11-13-15-17-18-20-22-24-26-28-30-35-44(50)56-40(39-55-57(51,52)54-37-36-45-41(46)32-31-33-42(47)48)38-53-43(49)34-29-27-25-23-21-19-16-14-12-10-8-6-4-2;/h17-18,40H,3-16,19-39H2,1-2H3,(H,45,46)(H,47,48)(H,51,52);/q;+1/p-1/b18-17-;/t40-;/m1./s1. The molecule has 0 aromatic rings. The van der Waals surface area contributed by atoms with Crippen molar-refractivity contribution in [3.05, 3.63) is 12.2 Å². The van der Waals surface area contributed by atoms with Gasteiger partial charge in [-0.3, -0.25) is 23.7 Å². The number of carbonyl (C=O) groups is 4. The number of unbranched alkanes of at least 4 members (excludes halogenated alkanes) is 23. The SMILES string of the molecule is CCCCCCCC/C=C\CCCCCCCC(=O)O[C@H](COC(=O)CCCCCCCCCCCCCCC)COP(=O)([O-])OCCNC(=O)CCCC(=O)O.[Na+]. The average molecular weight is 854 g/mol. The van der Waals surface area contributed by atoms with Crippen molar-refractivity contribution >= 4 is 31.6 Å². The molecule has 0 bridgehead atoms. The zero-order valence-corrected chi connectivity index (χ0v) is 39.9. The number of rotatable bonds is 43. The number of ether oxygens (including phenoxy) is 2. The Hall–Kier alpha value is -1.27. The number of amides is 1. The van der Waals surface area contributed by atoms with Crippen molar-refractivity contribution in [3.63, 3.8) is 0 Å². The third kappa shape index (κ3) is 44.3. The molecule has 1 amide bonds. The van der Waals surface area contributed by atoms with Gasteiger partial charge in [-0.15, -0.1) is 0 Å². The van der Waals surface area contributed by atoms with E-state index in [1.165, 1.54) is 96.3 Å². The van der Waals surface area contributed by atoms with E-state index >= 15 is 0 Å². The molecule has 12 nitrogen and oxygen atoms in total. The van der Waals surface area contributed by atoms with Crippen molar-refractivity contribution in [1.29, 1.82) is 0 Å². The van der Waals surface area contributed by atoms with Gasteiger partial charge in [0.05, 0.1) is 13.2 Å². The van der Waals surface area contributed by atoms with Gasteiger partial charge in [-0.2, -0.15) is 0 Å². The predicted molar refractivity (Wildman–Crippen MR) is 225 cm³/mol. The number of esters is 2. The summed E-state index contributed by atoms with van der Waals surface area (Å²) in [5, 5.41) is 11.1. The molecule has 2 atom stereocenters. The molecule has 0 aliphatic carbocycles. The number of hydrogen-bond donors (Lipinski definition) is 2. The Bertz CT molecular complexity index is 1080. The molecule has 14 heteroatoms. The summed E-state index contributed by atoms with van der Waals surface area (Å²) in [5.74, 6) is -2.41. The molecule has 0 aliphatic rings. The van der Waals surface area contributed by atoms with E-state index in [0.717, 1.165) is 57.8 Å². The van der Waals surface area contributed by atoms with E-state index in [9.17, 15) is 28.6 Å². The van der Waals surface area contributed by atoms with Crippen molar-refractivity contribution in [3.8, 4) is 0 Å². The van der Waals surface area contributed by atoms with Gasteiger partial charge in [0, 0.05) is 32.2 Å². The van der Waals surface area contributed by atoms with E-state index in [4.69, 9.17) is 23.6 Å². The topological polar surface area (TPSA) is 178 Å². The van der Waals surface area contributed by atoms with Crippen LogP contribution in [0.4, 0.5) is 0 Å². The molecule has 0 radical (unpaired) electrons. The molecule has 0 rings (SSSR count). The molecule has 0 aliphatic heterocycles. The Labute approximate surface area is 374 Å². The van der Waals surface area contributed by atoms with E-state index < -0.39 is 51.0 Å². The Morgan fingerprint density at radius 2 is 1.03 bits per heavy atom. The van der Waals surface area contributed by atoms with Crippen LogP contribution in [0, 0.1) is 0 Å². The molecule has 58 heavy (non-hydrogen) atoms. The molecule has 334 valence electrons. The van der Waals surface area contributed by atoms with Gasteiger partial charge < -0.3 is 33.8 Å². The molecule has 0 aromatic carbocycles. The average Bonchev–Trinajstić information content (AvgIpc) is 3.17. The first-order chi connectivity index (χ1) is 27.6. The van der Waals surface area contributed by atoms with Crippen LogP contribution in [-0.4, -0.2) is 61.4 Å². The maximum absolute atomic E-state index is 12.7. The minimum atomic E-state index is -4.84. The zero-order chi connectivity index (χ0) is 42.1. The normalized spacial score (nSPS) is 12.8. The van der Waals surface area contributed by atoms with Gasteiger partial charge in [0.2, 0.25) is 5.91 Å². The van der Waals surface area contributed by atoms with Crippen molar-refractivity contribution in [2.24, 2.45) is 0 Å². The second kappa shape index (κ2) is 43.8. The second-order valence-electron chi connectivity index (χ2n) is 15.3. The fourth-order valence-corrected chi connectivity index (χ4v) is 7.03. The minimum Gasteiger partial charge on any atom is -0.756 e. The van der Waals surface area contributed by atoms with Crippen molar-refractivity contribution in [2.45, 2.75) is 219 Å². The summed E-state index contributed by atoms with van der Waals surface area (Å²) in [6.45, 7) is 3.00. The van der Waals surface area contributed by atoms with Gasteiger partial charge in [-0.1, -0.05) is 154 Å². The fraction of sp³-hybridized carbons (Fsp3) is 0.864. The molecular weight excluding hydrogens is 772 g/mol. The Morgan fingerprint density at radius 3 is 1.52 bits per heavy atom. The summed E-state index contributed by atoms with van der Waals surface area (Å²) in [5.41, 5.74) is 0. The molecule has 0 fully saturated rings. The monoisotopic (exact) mass is 854 g/mol. The van der Waals surface area contributed by atoms with E-state index in [-0.39, 0.29) is 74.8 Å². The van der Waals surface area contributed by atoms with Gasteiger partial charge in [0.15, 0.2) is 6.10 Å². The van der Waals surface area contributed by atoms with Crippen LogP contribution in [0.3, 0.4) is 0 Å². The molecule has 0 spiro atoms. The summed E-state index contributed by atoms with van der Waals surface area (Å²) >= 11 is 0. The number of carbonyl (C=O) groups excluding carboxylic acids is 3. The number of aliphatic carboxylic acids is 1. The molecule has 1 unspecified atom stereocenters. The van der Waals surface area contributed by atoms with E-state index in [0.29, 0.717) is 12.8 Å². The van der Waals surface area contributed by atoms with Crippen molar-refractivity contribution < 1.29 is 81.8 Å². The Morgan fingerprint density at radius 1 is 0.586 bits per heavy atom. The van der Waals surface area contributed by atoms with Crippen molar-refractivity contribution in [2.75, 3.05) is 26.4 Å².